The Labute approximate surface area is 129 Å². The fraction of sp³-hybridized carbons (Fsp3) is 0.143. The van der Waals surface area contributed by atoms with Crippen molar-refractivity contribution in [3.8, 4) is 0 Å². The molecule has 0 aliphatic carbocycles. The first-order chi connectivity index (χ1) is 10.7. The molecule has 9 heteroatoms. The zero-order valence-electron chi connectivity index (χ0n) is 11.4. The van der Waals surface area contributed by atoms with Crippen molar-refractivity contribution >= 4 is 20.5 Å². The summed E-state index contributed by atoms with van der Waals surface area (Å²) in [6.07, 6.45) is -2.29. The number of rotatable bonds is 1. The minimum Gasteiger partial charge on any atom is -0.504 e. The minimum atomic E-state index is -4.76. The number of halogens is 3. The van der Waals surface area contributed by atoms with Crippen molar-refractivity contribution in [1.82, 2.24) is 9.97 Å². The number of aromatic nitrogens is 2. The van der Waals surface area contributed by atoms with Gasteiger partial charge in [-0.05, 0) is 6.07 Å². The minimum absolute atomic E-state index is 0.00163. The molecule has 1 aliphatic heterocycles. The first kappa shape index (κ1) is 15.5. The van der Waals surface area contributed by atoms with Gasteiger partial charge in [0, 0.05) is 18.0 Å². The molecule has 120 valence electrons. The van der Waals surface area contributed by atoms with Crippen LogP contribution in [0.5, 0.6) is 0 Å². The van der Waals surface area contributed by atoms with Crippen LogP contribution in [0.4, 0.5) is 13.2 Å². The number of hydrogen-bond donors (Lipinski definition) is 1. The summed E-state index contributed by atoms with van der Waals surface area (Å²) in [7, 11) is -4.19. The average Bonchev–Trinajstić information content (AvgIpc) is 2.46. The summed E-state index contributed by atoms with van der Waals surface area (Å²) in [5.74, 6) is -1.45. The SMILES string of the molecule is O=S1(=O)Cc2nccnc2C(O)=C1c1ccccc1C(F)(F)F. The van der Waals surface area contributed by atoms with Gasteiger partial charge in [0.05, 0.1) is 17.0 Å². The van der Waals surface area contributed by atoms with E-state index in [-0.39, 0.29) is 11.4 Å². The van der Waals surface area contributed by atoms with Crippen molar-refractivity contribution in [2.45, 2.75) is 11.9 Å². The van der Waals surface area contributed by atoms with E-state index < -0.39 is 43.6 Å². The van der Waals surface area contributed by atoms with Crippen LogP contribution in [0.25, 0.3) is 10.7 Å². The van der Waals surface area contributed by atoms with Crippen LogP contribution in [0.15, 0.2) is 36.7 Å². The average molecular weight is 342 g/mol. The molecule has 0 saturated heterocycles. The van der Waals surface area contributed by atoms with Gasteiger partial charge < -0.3 is 5.11 Å². The summed E-state index contributed by atoms with van der Waals surface area (Å²) in [6, 6.07) is 4.18. The highest BCUT2D eigenvalue weighted by molar-refractivity contribution is 8.00. The highest BCUT2D eigenvalue weighted by atomic mass is 32.2. The number of benzene rings is 1. The quantitative estimate of drug-likeness (QED) is 0.862. The zero-order chi connectivity index (χ0) is 16.8. The fourth-order valence-electron chi connectivity index (χ4n) is 2.40. The maximum Gasteiger partial charge on any atom is 0.417 e. The van der Waals surface area contributed by atoms with Gasteiger partial charge in [-0.2, -0.15) is 13.2 Å². The summed E-state index contributed by atoms with van der Waals surface area (Å²) >= 11 is 0. The van der Waals surface area contributed by atoms with Crippen LogP contribution in [0.3, 0.4) is 0 Å². The second-order valence-electron chi connectivity index (χ2n) is 4.83. The molecule has 2 aromatic rings. The van der Waals surface area contributed by atoms with Gasteiger partial charge in [-0.15, -0.1) is 0 Å². The molecule has 0 saturated carbocycles. The number of aliphatic hydroxyl groups excluding tert-OH is 1. The topological polar surface area (TPSA) is 80.2 Å². The molecule has 0 radical (unpaired) electrons. The number of hydrogen-bond acceptors (Lipinski definition) is 5. The van der Waals surface area contributed by atoms with Gasteiger partial charge in [-0.3, -0.25) is 4.98 Å². The molecule has 0 atom stereocenters. The lowest BCUT2D eigenvalue weighted by atomic mass is 10.0. The second kappa shape index (κ2) is 5.05. The third kappa shape index (κ3) is 2.56. The van der Waals surface area contributed by atoms with Crippen LogP contribution in [0.1, 0.15) is 22.5 Å². The van der Waals surface area contributed by atoms with Gasteiger partial charge in [0.15, 0.2) is 15.6 Å². The predicted octanol–water partition coefficient (Wildman–Crippen LogP) is 2.81. The summed E-state index contributed by atoms with van der Waals surface area (Å²) in [4.78, 5) is 6.84. The lowest BCUT2D eigenvalue weighted by Crippen LogP contribution is -2.20. The second-order valence-corrected chi connectivity index (χ2v) is 6.76. The van der Waals surface area contributed by atoms with Gasteiger partial charge in [-0.25, -0.2) is 13.4 Å². The summed E-state index contributed by atoms with van der Waals surface area (Å²) in [5, 5.41) is 10.2. The molecule has 1 aromatic heterocycles. The van der Waals surface area contributed by atoms with Crippen LogP contribution in [0, 0.1) is 0 Å². The van der Waals surface area contributed by atoms with E-state index >= 15 is 0 Å². The maximum atomic E-state index is 13.2. The highest BCUT2D eigenvalue weighted by Gasteiger charge is 2.40. The van der Waals surface area contributed by atoms with Gasteiger partial charge in [0.1, 0.15) is 10.6 Å². The Morgan fingerprint density at radius 1 is 1.09 bits per heavy atom. The number of aliphatic hydroxyl groups is 1. The molecule has 0 amide bonds. The molecular weight excluding hydrogens is 333 g/mol. The normalized spacial score (nSPS) is 17.0. The molecule has 5 nitrogen and oxygen atoms in total. The third-order valence-electron chi connectivity index (χ3n) is 3.33. The summed E-state index contributed by atoms with van der Waals surface area (Å²) in [5.41, 5.74) is -1.88. The Bertz CT molecular complexity index is 921. The highest BCUT2D eigenvalue weighted by Crippen LogP contribution is 2.41. The van der Waals surface area contributed by atoms with Crippen molar-refractivity contribution in [3.63, 3.8) is 0 Å². The van der Waals surface area contributed by atoms with E-state index in [1.807, 2.05) is 0 Å². The smallest absolute Gasteiger partial charge is 0.417 e. The molecule has 23 heavy (non-hydrogen) atoms. The number of fused-ring (bicyclic) bond motifs is 1. The van der Waals surface area contributed by atoms with Crippen molar-refractivity contribution in [2.75, 3.05) is 0 Å². The monoisotopic (exact) mass is 342 g/mol. The van der Waals surface area contributed by atoms with Crippen LogP contribution >= 0.6 is 0 Å². The zero-order valence-corrected chi connectivity index (χ0v) is 12.2. The first-order valence-corrected chi connectivity index (χ1v) is 8.00. The standard InChI is InChI=1S/C14H9F3N2O3S/c15-14(16,17)9-4-2-1-3-8(9)13-12(20)11-10(7-23(13,21)22)18-5-6-19-11/h1-6,20H,7H2. The lowest BCUT2D eigenvalue weighted by molar-refractivity contribution is -0.137. The Balaban J connectivity index is 2.36. The van der Waals surface area contributed by atoms with Gasteiger partial charge >= 0.3 is 6.18 Å². The van der Waals surface area contributed by atoms with Gasteiger partial charge in [0.2, 0.25) is 0 Å². The summed E-state index contributed by atoms with van der Waals surface area (Å²) in [6.45, 7) is 0. The van der Waals surface area contributed by atoms with Crippen molar-refractivity contribution in [1.29, 1.82) is 0 Å². The van der Waals surface area contributed by atoms with E-state index in [4.69, 9.17) is 0 Å². The number of sulfone groups is 1. The molecule has 0 fully saturated rings. The molecular formula is C14H9F3N2O3S. The van der Waals surface area contributed by atoms with Crippen molar-refractivity contribution < 1.29 is 26.7 Å². The molecule has 0 spiro atoms. The molecule has 0 bridgehead atoms. The molecule has 1 aliphatic rings. The largest absolute Gasteiger partial charge is 0.504 e. The molecule has 3 rings (SSSR count). The summed E-state index contributed by atoms with van der Waals surface area (Å²) < 4.78 is 64.2. The number of nitrogens with zero attached hydrogens (tertiary/aromatic N) is 2. The number of alkyl halides is 3. The van der Waals surface area contributed by atoms with Gasteiger partial charge in [-0.1, -0.05) is 18.2 Å². The third-order valence-corrected chi connectivity index (χ3v) is 5.02. The van der Waals surface area contributed by atoms with E-state index in [9.17, 15) is 26.7 Å². The van der Waals surface area contributed by atoms with E-state index in [0.29, 0.717) is 0 Å². The van der Waals surface area contributed by atoms with Gasteiger partial charge in [0.25, 0.3) is 0 Å². The van der Waals surface area contributed by atoms with Crippen LogP contribution < -0.4 is 0 Å². The van der Waals surface area contributed by atoms with E-state index in [0.717, 1.165) is 18.2 Å². The van der Waals surface area contributed by atoms with Crippen molar-refractivity contribution in [3.05, 3.63) is 59.2 Å². The molecule has 1 aromatic carbocycles. The van der Waals surface area contributed by atoms with E-state index in [2.05, 4.69) is 9.97 Å². The maximum absolute atomic E-state index is 13.2. The Morgan fingerprint density at radius 3 is 2.43 bits per heavy atom. The predicted molar refractivity (Wildman–Crippen MR) is 75.5 cm³/mol. The Hall–Kier alpha value is -2.42. The fourth-order valence-corrected chi connectivity index (χ4v) is 4.02. The molecule has 0 unspecified atom stereocenters. The first-order valence-electron chi connectivity index (χ1n) is 6.34. The lowest BCUT2D eigenvalue weighted by Gasteiger charge is -2.21. The van der Waals surface area contributed by atoms with Crippen LogP contribution in [-0.4, -0.2) is 23.5 Å². The molecule has 2 heterocycles. The van der Waals surface area contributed by atoms with Crippen molar-refractivity contribution in [2.24, 2.45) is 0 Å². The Morgan fingerprint density at radius 2 is 1.74 bits per heavy atom. The van der Waals surface area contributed by atoms with E-state index in [1.165, 1.54) is 18.5 Å². The van der Waals surface area contributed by atoms with Crippen LogP contribution in [-0.2, 0) is 21.8 Å². The Kier molecular flexibility index (Phi) is 3.40. The van der Waals surface area contributed by atoms with Crippen LogP contribution in [0.2, 0.25) is 0 Å². The molecule has 1 N–H and O–H groups in total. The van der Waals surface area contributed by atoms with E-state index in [1.54, 1.807) is 0 Å².